The molecule has 0 spiro atoms. The SMILES string of the molecule is CCCNCc1oc2c(Cl)cc(Cl)cc2c1CC(C)C. The topological polar surface area (TPSA) is 25.2 Å². The number of benzene rings is 1. The van der Waals surface area contributed by atoms with E-state index in [9.17, 15) is 0 Å². The zero-order valence-electron chi connectivity index (χ0n) is 12.2. The molecule has 0 aliphatic heterocycles. The molecule has 4 heteroatoms. The summed E-state index contributed by atoms with van der Waals surface area (Å²) in [5.74, 6) is 1.53. The standard InChI is InChI=1S/C16H21Cl2NO/c1-4-5-19-9-15-12(6-10(2)3)13-7-11(17)8-14(18)16(13)20-15/h7-8,10,19H,4-6,9H2,1-3H3. The molecule has 0 aliphatic rings. The number of hydrogen-bond acceptors (Lipinski definition) is 2. The van der Waals surface area contributed by atoms with Crippen LogP contribution < -0.4 is 5.32 Å². The highest BCUT2D eigenvalue weighted by Gasteiger charge is 2.17. The van der Waals surface area contributed by atoms with Crippen molar-refractivity contribution in [3.8, 4) is 0 Å². The van der Waals surface area contributed by atoms with E-state index in [-0.39, 0.29) is 0 Å². The summed E-state index contributed by atoms with van der Waals surface area (Å²) in [6.07, 6.45) is 2.07. The van der Waals surface area contributed by atoms with Crippen LogP contribution in [0.5, 0.6) is 0 Å². The third kappa shape index (κ3) is 3.49. The molecule has 0 bridgehead atoms. The Morgan fingerprint density at radius 1 is 1.25 bits per heavy atom. The van der Waals surface area contributed by atoms with Gasteiger partial charge in [0.25, 0.3) is 0 Å². The van der Waals surface area contributed by atoms with Crippen molar-refractivity contribution in [3.05, 3.63) is 33.5 Å². The predicted molar refractivity (Wildman–Crippen MR) is 86.8 cm³/mol. The molecule has 0 amide bonds. The molecule has 0 saturated heterocycles. The minimum atomic E-state index is 0.554. The van der Waals surface area contributed by atoms with Gasteiger partial charge in [-0.25, -0.2) is 0 Å². The van der Waals surface area contributed by atoms with Gasteiger partial charge >= 0.3 is 0 Å². The average Bonchev–Trinajstić information content (AvgIpc) is 2.68. The van der Waals surface area contributed by atoms with Crippen LogP contribution in [-0.4, -0.2) is 6.54 Å². The highest BCUT2D eigenvalue weighted by molar-refractivity contribution is 6.38. The van der Waals surface area contributed by atoms with Crippen molar-refractivity contribution in [2.45, 2.75) is 40.2 Å². The van der Waals surface area contributed by atoms with Gasteiger partial charge in [-0.3, -0.25) is 0 Å². The minimum Gasteiger partial charge on any atom is -0.458 e. The summed E-state index contributed by atoms with van der Waals surface area (Å²) in [6, 6.07) is 3.69. The van der Waals surface area contributed by atoms with Gasteiger partial charge in [0.2, 0.25) is 0 Å². The Morgan fingerprint density at radius 2 is 2.00 bits per heavy atom. The number of hydrogen-bond donors (Lipinski definition) is 1. The highest BCUT2D eigenvalue weighted by atomic mass is 35.5. The van der Waals surface area contributed by atoms with Gasteiger partial charge < -0.3 is 9.73 Å². The molecule has 1 heterocycles. The molecule has 0 saturated carbocycles. The van der Waals surface area contributed by atoms with E-state index < -0.39 is 0 Å². The Morgan fingerprint density at radius 3 is 2.65 bits per heavy atom. The number of halogens is 2. The maximum atomic E-state index is 6.25. The molecule has 0 atom stereocenters. The summed E-state index contributed by atoms with van der Waals surface area (Å²) < 4.78 is 5.98. The summed E-state index contributed by atoms with van der Waals surface area (Å²) in [5.41, 5.74) is 1.98. The Hall–Kier alpha value is -0.700. The van der Waals surface area contributed by atoms with Crippen molar-refractivity contribution in [1.82, 2.24) is 5.32 Å². The molecular weight excluding hydrogens is 293 g/mol. The van der Waals surface area contributed by atoms with Crippen LogP contribution in [0.2, 0.25) is 10.0 Å². The second-order valence-electron chi connectivity index (χ2n) is 5.54. The van der Waals surface area contributed by atoms with Crippen LogP contribution in [0.3, 0.4) is 0 Å². The van der Waals surface area contributed by atoms with Gasteiger partial charge in [0, 0.05) is 16.0 Å². The normalized spacial score (nSPS) is 11.7. The Labute approximate surface area is 130 Å². The van der Waals surface area contributed by atoms with E-state index in [0.29, 0.717) is 16.0 Å². The van der Waals surface area contributed by atoms with Gasteiger partial charge in [-0.2, -0.15) is 0 Å². The molecule has 20 heavy (non-hydrogen) atoms. The number of rotatable bonds is 6. The van der Waals surface area contributed by atoms with Crippen molar-refractivity contribution in [2.24, 2.45) is 5.92 Å². The molecule has 1 N–H and O–H groups in total. The molecule has 0 aliphatic carbocycles. The van der Waals surface area contributed by atoms with Crippen LogP contribution >= 0.6 is 23.2 Å². The quantitative estimate of drug-likeness (QED) is 0.718. The van der Waals surface area contributed by atoms with Crippen LogP contribution in [0.15, 0.2) is 16.5 Å². The first kappa shape index (κ1) is 15.7. The van der Waals surface area contributed by atoms with Crippen molar-refractivity contribution < 1.29 is 4.42 Å². The Balaban J connectivity index is 2.46. The first-order valence-corrected chi connectivity index (χ1v) is 7.88. The Bertz CT molecular complexity index is 590. The van der Waals surface area contributed by atoms with E-state index >= 15 is 0 Å². The molecule has 2 rings (SSSR count). The summed E-state index contributed by atoms with van der Waals surface area (Å²) in [4.78, 5) is 0. The molecule has 0 radical (unpaired) electrons. The summed E-state index contributed by atoms with van der Waals surface area (Å²) >= 11 is 12.4. The number of nitrogens with one attached hydrogen (secondary N) is 1. The lowest BCUT2D eigenvalue weighted by molar-refractivity contribution is 0.501. The summed E-state index contributed by atoms with van der Waals surface area (Å²) in [5, 5.41) is 5.67. The second kappa shape index (κ2) is 6.84. The van der Waals surface area contributed by atoms with E-state index in [0.717, 1.165) is 42.7 Å². The monoisotopic (exact) mass is 313 g/mol. The van der Waals surface area contributed by atoms with Crippen LogP contribution in [0.25, 0.3) is 11.0 Å². The average molecular weight is 314 g/mol. The number of fused-ring (bicyclic) bond motifs is 1. The molecule has 2 nitrogen and oxygen atoms in total. The molecule has 0 unspecified atom stereocenters. The van der Waals surface area contributed by atoms with Gasteiger partial charge in [0.1, 0.15) is 5.76 Å². The molecule has 110 valence electrons. The van der Waals surface area contributed by atoms with E-state index in [1.165, 1.54) is 5.56 Å². The summed E-state index contributed by atoms with van der Waals surface area (Å²) in [7, 11) is 0. The highest BCUT2D eigenvalue weighted by Crippen LogP contribution is 2.35. The lowest BCUT2D eigenvalue weighted by Gasteiger charge is -2.07. The Kier molecular flexibility index (Phi) is 5.36. The van der Waals surface area contributed by atoms with E-state index in [1.807, 2.05) is 6.07 Å². The lowest BCUT2D eigenvalue weighted by Crippen LogP contribution is -2.14. The lowest BCUT2D eigenvalue weighted by atomic mass is 10.00. The van der Waals surface area contributed by atoms with Gasteiger partial charge in [-0.15, -0.1) is 0 Å². The molecular formula is C16H21Cl2NO. The van der Waals surface area contributed by atoms with Crippen LogP contribution in [0.4, 0.5) is 0 Å². The predicted octanol–water partition coefficient (Wildman–Crippen LogP) is 5.44. The van der Waals surface area contributed by atoms with E-state index in [4.69, 9.17) is 27.6 Å². The maximum Gasteiger partial charge on any atom is 0.153 e. The van der Waals surface area contributed by atoms with Crippen LogP contribution in [0, 0.1) is 5.92 Å². The zero-order valence-corrected chi connectivity index (χ0v) is 13.7. The minimum absolute atomic E-state index is 0.554. The third-order valence-electron chi connectivity index (χ3n) is 3.22. The first-order chi connectivity index (χ1) is 9.52. The van der Waals surface area contributed by atoms with Crippen molar-refractivity contribution >= 4 is 34.2 Å². The fourth-order valence-corrected chi connectivity index (χ4v) is 2.91. The molecule has 2 aromatic rings. The van der Waals surface area contributed by atoms with Crippen molar-refractivity contribution in [3.63, 3.8) is 0 Å². The largest absolute Gasteiger partial charge is 0.458 e. The fraction of sp³-hybridized carbons (Fsp3) is 0.500. The van der Waals surface area contributed by atoms with E-state index in [1.54, 1.807) is 6.07 Å². The van der Waals surface area contributed by atoms with Gasteiger partial charge in [-0.1, -0.05) is 44.0 Å². The second-order valence-corrected chi connectivity index (χ2v) is 6.39. The first-order valence-electron chi connectivity index (χ1n) is 7.13. The van der Waals surface area contributed by atoms with Crippen LogP contribution in [0.1, 0.15) is 38.5 Å². The molecule has 1 aromatic heterocycles. The van der Waals surface area contributed by atoms with Crippen molar-refractivity contribution in [1.29, 1.82) is 0 Å². The fourth-order valence-electron chi connectivity index (χ4n) is 2.38. The number of furan rings is 1. The zero-order chi connectivity index (χ0) is 14.7. The smallest absolute Gasteiger partial charge is 0.153 e. The molecule has 0 fully saturated rings. The van der Waals surface area contributed by atoms with Gasteiger partial charge in [0.05, 0.1) is 11.6 Å². The van der Waals surface area contributed by atoms with E-state index in [2.05, 4.69) is 26.1 Å². The summed E-state index contributed by atoms with van der Waals surface area (Å²) in [6.45, 7) is 8.27. The van der Waals surface area contributed by atoms with Gasteiger partial charge in [0.15, 0.2) is 5.58 Å². The van der Waals surface area contributed by atoms with Crippen LogP contribution in [-0.2, 0) is 13.0 Å². The van der Waals surface area contributed by atoms with Gasteiger partial charge in [-0.05, 0) is 37.4 Å². The third-order valence-corrected chi connectivity index (χ3v) is 3.72. The molecule has 1 aromatic carbocycles. The maximum absolute atomic E-state index is 6.25. The van der Waals surface area contributed by atoms with Crippen molar-refractivity contribution in [2.75, 3.05) is 6.54 Å².